The molecule has 5 nitrogen and oxygen atoms in total. The van der Waals surface area contributed by atoms with Crippen LogP contribution in [0.3, 0.4) is 0 Å². The number of aromatic nitrogens is 3. The molecular weight excluding hydrogens is 310 g/mol. The summed E-state index contributed by atoms with van der Waals surface area (Å²) in [6, 6.07) is 7.95. The molecule has 0 aliphatic heterocycles. The molecule has 0 saturated heterocycles. The molecule has 6 heteroatoms. The predicted octanol–water partition coefficient (Wildman–Crippen LogP) is 2.44. The van der Waals surface area contributed by atoms with Crippen LogP contribution in [-0.4, -0.2) is 28.1 Å². The van der Waals surface area contributed by atoms with Crippen molar-refractivity contribution in [2.75, 3.05) is 7.11 Å². The van der Waals surface area contributed by atoms with E-state index in [1.165, 1.54) is 7.11 Å². The first-order valence-electron chi connectivity index (χ1n) is 5.90. The van der Waals surface area contributed by atoms with Gasteiger partial charge in [0.1, 0.15) is 0 Å². The average molecular weight is 324 g/mol. The van der Waals surface area contributed by atoms with Crippen LogP contribution in [0.4, 0.5) is 0 Å². The third-order valence-corrected chi connectivity index (χ3v) is 3.33. The second-order valence-electron chi connectivity index (χ2n) is 4.01. The summed E-state index contributed by atoms with van der Waals surface area (Å²) in [5, 5.41) is 7.93. The lowest BCUT2D eigenvalue weighted by atomic mass is 10.2. The van der Waals surface area contributed by atoms with E-state index >= 15 is 0 Å². The molecule has 0 aliphatic carbocycles. The summed E-state index contributed by atoms with van der Waals surface area (Å²) < 4.78 is 7.46. The van der Waals surface area contributed by atoms with Crippen molar-refractivity contribution in [3.63, 3.8) is 0 Å². The van der Waals surface area contributed by atoms with Gasteiger partial charge in [0.2, 0.25) is 0 Å². The van der Waals surface area contributed by atoms with Gasteiger partial charge in [0.15, 0.2) is 5.69 Å². The zero-order valence-electron chi connectivity index (χ0n) is 10.8. The fraction of sp³-hybridized carbons (Fsp3) is 0.308. The molecule has 0 unspecified atom stereocenters. The zero-order valence-corrected chi connectivity index (χ0v) is 12.3. The van der Waals surface area contributed by atoms with Crippen molar-refractivity contribution in [1.29, 1.82) is 0 Å². The Labute approximate surface area is 119 Å². The van der Waals surface area contributed by atoms with Gasteiger partial charge in [-0.25, -0.2) is 9.48 Å². The van der Waals surface area contributed by atoms with E-state index in [0.29, 0.717) is 18.7 Å². The van der Waals surface area contributed by atoms with Gasteiger partial charge in [-0.05, 0) is 24.1 Å². The summed E-state index contributed by atoms with van der Waals surface area (Å²) in [5.74, 6) is -0.445. The smallest absolute Gasteiger partial charge is 0.360 e. The van der Waals surface area contributed by atoms with Crippen molar-refractivity contribution >= 4 is 21.9 Å². The van der Waals surface area contributed by atoms with E-state index in [1.54, 1.807) is 4.68 Å². The van der Waals surface area contributed by atoms with Gasteiger partial charge in [-0.1, -0.05) is 40.2 Å². The van der Waals surface area contributed by atoms with E-state index in [2.05, 4.69) is 26.2 Å². The number of halogens is 1. The molecule has 1 heterocycles. The molecular formula is C13H14BrN3O2. The highest BCUT2D eigenvalue weighted by molar-refractivity contribution is 9.10. The van der Waals surface area contributed by atoms with E-state index < -0.39 is 5.97 Å². The van der Waals surface area contributed by atoms with E-state index in [0.717, 1.165) is 15.7 Å². The Morgan fingerprint density at radius 3 is 2.63 bits per heavy atom. The first-order valence-corrected chi connectivity index (χ1v) is 6.70. The standard InChI is InChI=1S/C13H14BrN3O2/c1-3-11-12(13(18)19-2)15-16-17(11)8-9-4-6-10(14)7-5-9/h4-7H,3,8H2,1-2H3. The van der Waals surface area contributed by atoms with Gasteiger partial charge in [0.05, 0.1) is 19.3 Å². The molecule has 0 aliphatic rings. The lowest BCUT2D eigenvalue weighted by Gasteiger charge is -2.06. The highest BCUT2D eigenvalue weighted by Crippen LogP contribution is 2.14. The third-order valence-electron chi connectivity index (χ3n) is 2.80. The highest BCUT2D eigenvalue weighted by Gasteiger charge is 2.18. The number of esters is 1. The predicted molar refractivity (Wildman–Crippen MR) is 74.0 cm³/mol. The number of hydrogen-bond donors (Lipinski definition) is 0. The fourth-order valence-electron chi connectivity index (χ4n) is 1.83. The fourth-order valence-corrected chi connectivity index (χ4v) is 2.09. The molecule has 0 N–H and O–H groups in total. The van der Waals surface area contributed by atoms with Crippen LogP contribution in [0.2, 0.25) is 0 Å². The summed E-state index contributed by atoms with van der Waals surface area (Å²) in [6.07, 6.45) is 0.675. The van der Waals surface area contributed by atoms with Crippen LogP contribution < -0.4 is 0 Å². The normalized spacial score (nSPS) is 10.5. The minimum atomic E-state index is -0.445. The van der Waals surface area contributed by atoms with E-state index in [1.807, 2.05) is 31.2 Å². The van der Waals surface area contributed by atoms with E-state index in [9.17, 15) is 4.79 Å². The number of carbonyl (C=O) groups is 1. The Bertz CT molecular complexity index is 578. The van der Waals surface area contributed by atoms with Crippen molar-refractivity contribution in [1.82, 2.24) is 15.0 Å². The zero-order chi connectivity index (χ0) is 13.8. The van der Waals surface area contributed by atoms with Crippen molar-refractivity contribution in [2.24, 2.45) is 0 Å². The average Bonchev–Trinajstić information content (AvgIpc) is 2.83. The van der Waals surface area contributed by atoms with Crippen molar-refractivity contribution in [2.45, 2.75) is 19.9 Å². The van der Waals surface area contributed by atoms with Crippen molar-refractivity contribution < 1.29 is 9.53 Å². The molecule has 0 atom stereocenters. The number of nitrogens with zero attached hydrogens (tertiary/aromatic N) is 3. The number of benzene rings is 1. The molecule has 0 fully saturated rings. The second kappa shape index (κ2) is 5.97. The van der Waals surface area contributed by atoms with Gasteiger partial charge in [-0.3, -0.25) is 0 Å². The Balaban J connectivity index is 2.28. The van der Waals surface area contributed by atoms with Crippen molar-refractivity contribution in [3.05, 3.63) is 45.7 Å². The molecule has 0 radical (unpaired) electrons. The summed E-state index contributed by atoms with van der Waals surface area (Å²) in [7, 11) is 1.34. The molecule has 1 aromatic carbocycles. The molecule has 100 valence electrons. The Morgan fingerprint density at radius 2 is 2.05 bits per heavy atom. The third kappa shape index (κ3) is 3.01. The van der Waals surface area contributed by atoms with Crippen LogP contribution in [0.25, 0.3) is 0 Å². The molecule has 19 heavy (non-hydrogen) atoms. The summed E-state index contributed by atoms with van der Waals surface area (Å²) >= 11 is 3.40. The van der Waals surface area contributed by atoms with Crippen molar-refractivity contribution in [3.8, 4) is 0 Å². The number of methoxy groups -OCH3 is 1. The van der Waals surface area contributed by atoms with Gasteiger partial charge in [0, 0.05) is 4.47 Å². The van der Waals surface area contributed by atoms with E-state index in [4.69, 9.17) is 4.74 Å². The molecule has 0 amide bonds. The first kappa shape index (κ1) is 13.7. The lowest BCUT2D eigenvalue weighted by molar-refractivity contribution is 0.0592. The largest absolute Gasteiger partial charge is 0.464 e. The number of hydrogen-bond acceptors (Lipinski definition) is 4. The number of rotatable bonds is 4. The Morgan fingerprint density at radius 1 is 1.37 bits per heavy atom. The van der Waals surface area contributed by atoms with Gasteiger partial charge in [0.25, 0.3) is 0 Å². The van der Waals surface area contributed by atoms with Crippen LogP contribution in [-0.2, 0) is 17.7 Å². The topological polar surface area (TPSA) is 57.0 Å². The second-order valence-corrected chi connectivity index (χ2v) is 4.93. The van der Waals surface area contributed by atoms with E-state index in [-0.39, 0.29) is 0 Å². The maximum atomic E-state index is 11.6. The molecule has 2 rings (SSSR count). The number of carbonyl (C=O) groups excluding carboxylic acids is 1. The van der Waals surface area contributed by atoms with Crippen LogP contribution in [0.5, 0.6) is 0 Å². The van der Waals surface area contributed by atoms with Crippen LogP contribution >= 0.6 is 15.9 Å². The Kier molecular flexibility index (Phi) is 4.31. The first-order chi connectivity index (χ1) is 9.15. The van der Waals surface area contributed by atoms with Crippen LogP contribution in [0.15, 0.2) is 28.7 Å². The summed E-state index contributed by atoms with van der Waals surface area (Å²) in [6.45, 7) is 2.55. The quantitative estimate of drug-likeness (QED) is 0.811. The lowest BCUT2D eigenvalue weighted by Crippen LogP contribution is -2.09. The maximum absolute atomic E-state index is 11.6. The molecule has 1 aromatic heterocycles. The van der Waals surface area contributed by atoms with Gasteiger partial charge in [-0.2, -0.15) is 0 Å². The SMILES string of the molecule is CCc1c(C(=O)OC)nnn1Cc1ccc(Br)cc1. The monoisotopic (exact) mass is 323 g/mol. The van der Waals surface area contributed by atoms with Gasteiger partial charge < -0.3 is 4.74 Å². The molecule has 2 aromatic rings. The van der Waals surface area contributed by atoms with Crippen LogP contribution in [0, 0.1) is 0 Å². The minimum Gasteiger partial charge on any atom is -0.464 e. The number of ether oxygens (including phenoxy) is 1. The molecule has 0 spiro atoms. The summed E-state index contributed by atoms with van der Waals surface area (Å²) in [4.78, 5) is 11.6. The van der Waals surface area contributed by atoms with Gasteiger partial charge >= 0.3 is 5.97 Å². The highest BCUT2D eigenvalue weighted by atomic mass is 79.9. The maximum Gasteiger partial charge on any atom is 0.360 e. The summed E-state index contributed by atoms with van der Waals surface area (Å²) in [5.41, 5.74) is 2.18. The Hall–Kier alpha value is -1.69. The molecule has 0 saturated carbocycles. The molecule has 0 bridgehead atoms. The van der Waals surface area contributed by atoms with Crippen LogP contribution in [0.1, 0.15) is 28.7 Å². The minimum absolute atomic E-state index is 0.294. The van der Waals surface area contributed by atoms with Gasteiger partial charge in [-0.15, -0.1) is 5.10 Å².